The van der Waals surface area contributed by atoms with Crippen LogP contribution in [-0.4, -0.2) is 22.7 Å². The van der Waals surface area contributed by atoms with Gasteiger partial charge >= 0.3 is 5.97 Å². The number of nitrogens with zero attached hydrogens (tertiary/aromatic N) is 3. The van der Waals surface area contributed by atoms with Gasteiger partial charge in [0.2, 0.25) is 0 Å². The van der Waals surface area contributed by atoms with E-state index in [-0.39, 0.29) is 5.97 Å². The fraction of sp³-hybridized carbons (Fsp3) is 0.258. The summed E-state index contributed by atoms with van der Waals surface area (Å²) in [7, 11) is 0. The third-order valence-electron chi connectivity index (χ3n) is 7.41. The molecule has 1 aliphatic carbocycles. The number of esters is 1. The van der Waals surface area contributed by atoms with Crippen LogP contribution in [0.5, 0.6) is 5.75 Å². The molecule has 2 aromatic heterocycles. The second-order valence-corrected chi connectivity index (χ2v) is 12.0. The monoisotopic (exact) mass is 605 g/mol. The fourth-order valence-electron chi connectivity index (χ4n) is 5.19. The van der Waals surface area contributed by atoms with Gasteiger partial charge in [-0.2, -0.15) is 0 Å². The highest BCUT2D eigenvalue weighted by molar-refractivity contribution is 7.22. The van der Waals surface area contributed by atoms with Gasteiger partial charge in [-0.05, 0) is 73.4 Å². The summed E-state index contributed by atoms with van der Waals surface area (Å²) in [6, 6.07) is 17.1. The molecular weight excluding hydrogens is 581 g/mol. The molecule has 208 valence electrons. The van der Waals surface area contributed by atoms with E-state index < -0.39 is 0 Å². The molecule has 0 amide bonds. The van der Waals surface area contributed by atoms with Gasteiger partial charge in [-0.15, -0.1) is 0 Å². The predicted octanol–water partition coefficient (Wildman–Crippen LogP) is 8.41. The summed E-state index contributed by atoms with van der Waals surface area (Å²) < 4.78 is 18.2. The first-order valence-corrected chi connectivity index (χ1v) is 15.1. The maximum atomic E-state index is 12.2. The zero-order valence-corrected chi connectivity index (χ0v) is 24.5. The van der Waals surface area contributed by atoms with E-state index in [4.69, 9.17) is 42.2 Å². The molecule has 3 aromatic carbocycles. The number of carbonyl (C=O) groups is 1. The van der Waals surface area contributed by atoms with E-state index in [1.54, 1.807) is 36.5 Å². The standard InChI is InChI=1S/C31H25Cl2N3O4S/c1-2-38-30(37)18-9-11-25-26(13-18)41-31(34-25)36-14-19-8-10-21(12-20(19)15-36)39-16-22-28(35-40-29(22)17-6-7-17)27-23(32)4-3-5-24(27)33/h3-5,8-13,17H,2,6-7,14-16H2,1H3. The fourth-order valence-corrected chi connectivity index (χ4v) is 6.77. The summed E-state index contributed by atoms with van der Waals surface area (Å²) in [5.41, 5.74) is 6.02. The van der Waals surface area contributed by atoms with E-state index in [9.17, 15) is 4.79 Å². The lowest BCUT2D eigenvalue weighted by atomic mass is 10.0. The van der Waals surface area contributed by atoms with Crippen LogP contribution in [0.3, 0.4) is 0 Å². The number of halogens is 2. The summed E-state index contributed by atoms with van der Waals surface area (Å²) in [5.74, 6) is 1.66. The Hall–Kier alpha value is -3.59. The summed E-state index contributed by atoms with van der Waals surface area (Å²) in [6.07, 6.45) is 2.14. The van der Waals surface area contributed by atoms with Gasteiger partial charge in [-0.25, -0.2) is 9.78 Å². The minimum atomic E-state index is -0.317. The Labute approximate surface area is 250 Å². The highest BCUT2D eigenvalue weighted by Gasteiger charge is 2.34. The third kappa shape index (κ3) is 5.05. The molecule has 1 aliphatic heterocycles. The largest absolute Gasteiger partial charge is 0.489 e. The van der Waals surface area contributed by atoms with Gasteiger partial charge < -0.3 is 18.9 Å². The van der Waals surface area contributed by atoms with Crippen molar-refractivity contribution in [1.29, 1.82) is 0 Å². The van der Waals surface area contributed by atoms with Crippen LogP contribution in [0.15, 0.2) is 59.1 Å². The van der Waals surface area contributed by atoms with Crippen LogP contribution in [0.25, 0.3) is 21.5 Å². The van der Waals surface area contributed by atoms with Crippen LogP contribution in [0, 0.1) is 0 Å². The van der Waals surface area contributed by atoms with Crippen molar-refractivity contribution in [2.24, 2.45) is 0 Å². The number of aromatic nitrogens is 2. The van der Waals surface area contributed by atoms with Crippen molar-refractivity contribution in [1.82, 2.24) is 10.1 Å². The highest BCUT2D eigenvalue weighted by Crippen LogP contribution is 2.46. The first kappa shape index (κ1) is 26.3. The van der Waals surface area contributed by atoms with E-state index in [1.165, 1.54) is 11.1 Å². The molecule has 0 spiro atoms. The van der Waals surface area contributed by atoms with Crippen LogP contribution < -0.4 is 9.64 Å². The molecule has 7 nitrogen and oxygen atoms in total. The van der Waals surface area contributed by atoms with Crippen LogP contribution in [0.1, 0.15) is 58.5 Å². The lowest BCUT2D eigenvalue weighted by Crippen LogP contribution is -2.13. The molecular formula is C31H25Cl2N3O4S. The number of benzene rings is 3. The number of fused-ring (bicyclic) bond motifs is 2. The average Bonchev–Trinajstić information content (AvgIpc) is 3.38. The van der Waals surface area contributed by atoms with E-state index in [2.05, 4.69) is 22.2 Å². The molecule has 10 heteroatoms. The normalized spacial score (nSPS) is 14.5. The highest BCUT2D eigenvalue weighted by atomic mass is 35.5. The minimum Gasteiger partial charge on any atom is -0.489 e. The Balaban J connectivity index is 1.10. The summed E-state index contributed by atoms with van der Waals surface area (Å²) >= 11 is 14.6. The van der Waals surface area contributed by atoms with Gasteiger partial charge in [0, 0.05) is 24.6 Å². The molecule has 0 bridgehead atoms. The number of hydrogen-bond donors (Lipinski definition) is 0. The van der Waals surface area contributed by atoms with Crippen molar-refractivity contribution in [3.63, 3.8) is 0 Å². The van der Waals surface area contributed by atoms with Crippen LogP contribution >= 0.6 is 34.5 Å². The van der Waals surface area contributed by atoms with Gasteiger partial charge in [0.1, 0.15) is 23.8 Å². The van der Waals surface area contributed by atoms with Crippen molar-refractivity contribution in [2.75, 3.05) is 11.5 Å². The summed E-state index contributed by atoms with van der Waals surface area (Å²) in [5, 5.41) is 6.33. The molecule has 5 aromatic rings. The second kappa shape index (κ2) is 10.7. The van der Waals surface area contributed by atoms with Gasteiger partial charge in [0.25, 0.3) is 0 Å². The Morgan fingerprint density at radius 2 is 1.88 bits per heavy atom. The average molecular weight is 607 g/mol. The van der Waals surface area contributed by atoms with Crippen molar-refractivity contribution >= 4 is 55.9 Å². The number of carbonyl (C=O) groups excluding carboxylic acids is 1. The topological polar surface area (TPSA) is 77.7 Å². The maximum absolute atomic E-state index is 12.2. The molecule has 0 atom stereocenters. The number of anilines is 1. The van der Waals surface area contributed by atoms with Crippen molar-refractivity contribution in [3.8, 4) is 17.0 Å². The Bertz CT molecular complexity index is 1780. The molecule has 0 radical (unpaired) electrons. The predicted molar refractivity (Wildman–Crippen MR) is 160 cm³/mol. The molecule has 0 saturated heterocycles. The first-order chi connectivity index (χ1) is 20.0. The minimum absolute atomic E-state index is 0.301. The molecule has 1 fully saturated rings. The number of ether oxygens (including phenoxy) is 2. The summed E-state index contributed by atoms with van der Waals surface area (Å²) in [4.78, 5) is 19.2. The Morgan fingerprint density at radius 1 is 1.07 bits per heavy atom. The smallest absolute Gasteiger partial charge is 0.338 e. The molecule has 7 rings (SSSR count). The van der Waals surface area contributed by atoms with Crippen LogP contribution in [0.2, 0.25) is 10.0 Å². The number of hydrogen-bond acceptors (Lipinski definition) is 8. The zero-order chi connectivity index (χ0) is 28.1. The Kier molecular flexibility index (Phi) is 6.85. The number of thiazole rings is 1. The van der Waals surface area contributed by atoms with E-state index >= 15 is 0 Å². The Morgan fingerprint density at radius 3 is 2.66 bits per heavy atom. The quantitative estimate of drug-likeness (QED) is 0.164. The van der Waals surface area contributed by atoms with Crippen molar-refractivity contribution in [3.05, 3.63) is 92.7 Å². The lowest BCUT2D eigenvalue weighted by molar-refractivity contribution is 0.0526. The SMILES string of the molecule is CCOC(=O)c1ccc2nc(N3Cc4ccc(OCc5c(-c6c(Cl)cccc6Cl)noc5C5CC5)cc4C3)sc2c1. The molecule has 0 N–H and O–H groups in total. The van der Waals surface area contributed by atoms with Crippen molar-refractivity contribution in [2.45, 2.75) is 45.4 Å². The van der Waals surface area contributed by atoms with E-state index in [0.29, 0.717) is 46.0 Å². The molecule has 0 unspecified atom stereocenters. The van der Waals surface area contributed by atoms with Gasteiger partial charge in [-0.3, -0.25) is 0 Å². The maximum Gasteiger partial charge on any atom is 0.338 e. The van der Waals surface area contributed by atoms with Crippen LogP contribution in [0.4, 0.5) is 5.13 Å². The molecule has 41 heavy (non-hydrogen) atoms. The number of rotatable bonds is 8. The molecule has 3 heterocycles. The third-order valence-corrected chi connectivity index (χ3v) is 9.12. The summed E-state index contributed by atoms with van der Waals surface area (Å²) in [6.45, 7) is 3.93. The molecule has 2 aliphatic rings. The molecule has 1 saturated carbocycles. The first-order valence-electron chi connectivity index (χ1n) is 13.5. The van der Waals surface area contributed by atoms with Crippen LogP contribution in [-0.2, 0) is 24.4 Å². The van der Waals surface area contributed by atoms with Gasteiger partial charge in [0.05, 0.1) is 38.0 Å². The lowest BCUT2D eigenvalue weighted by Gasteiger charge is -2.12. The van der Waals surface area contributed by atoms with E-state index in [1.807, 2.05) is 24.3 Å². The van der Waals surface area contributed by atoms with Gasteiger partial charge in [-0.1, -0.05) is 51.8 Å². The zero-order valence-electron chi connectivity index (χ0n) is 22.2. The van der Waals surface area contributed by atoms with Gasteiger partial charge in [0.15, 0.2) is 5.13 Å². The van der Waals surface area contributed by atoms with Crippen molar-refractivity contribution < 1.29 is 18.8 Å². The second-order valence-electron chi connectivity index (χ2n) is 10.2. The van der Waals surface area contributed by atoms with E-state index in [0.717, 1.165) is 58.4 Å².